The molecule has 2 heterocycles. The maximum atomic E-state index is 13.1. The molecule has 2 atom stereocenters. The quantitative estimate of drug-likeness (QED) is 0.0907. The summed E-state index contributed by atoms with van der Waals surface area (Å²) in [6.45, 7) is 0.294. The minimum Gasteiger partial charge on any atom is -0.507 e. The van der Waals surface area contributed by atoms with Gasteiger partial charge in [-0.05, 0) is 48.4 Å². The number of aromatic nitrogens is 4. The molecule has 2 aromatic heterocycles. The van der Waals surface area contributed by atoms with E-state index < -0.39 is 59.5 Å². The molecule has 18 nitrogen and oxygen atoms in total. The van der Waals surface area contributed by atoms with Gasteiger partial charge in [-0.25, -0.2) is 19.6 Å². The first-order valence-electron chi connectivity index (χ1n) is 14.2. The van der Waals surface area contributed by atoms with Crippen LogP contribution in [0.25, 0.3) is 11.2 Å². The zero-order chi connectivity index (χ0) is 35.1. The summed E-state index contributed by atoms with van der Waals surface area (Å²) >= 11 is 0. The monoisotopic (exact) mass is 661 g/mol. The highest BCUT2D eigenvalue weighted by Gasteiger charge is 2.28. The van der Waals surface area contributed by atoms with Crippen LogP contribution in [0.3, 0.4) is 0 Å². The summed E-state index contributed by atoms with van der Waals surface area (Å²) in [6.07, 6.45) is 0.290. The van der Waals surface area contributed by atoms with Crippen LogP contribution in [-0.2, 0) is 27.3 Å². The number of carbonyl (C=O) groups excluding carboxylic acids is 2. The van der Waals surface area contributed by atoms with Crippen LogP contribution in [0.15, 0.2) is 48.7 Å². The molecule has 0 aliphatic rings. The molecule has 0 bridgehead atoms. The summed E-state index contributed by atoms with van der Waals surface area (Å²) in [7, 11) is 1.77. The lowest BCUT2D eigenvalue weighted by atomic mass is 10.0. The van der Waals surface area contributed by atoms with E-state index in [1.807, 2.05) is 4.90 Å². The van der Waals surface area contributed by atoms with Crippen LogP contribution < -0.4 is 27.0 Å². The molecule has 2 aromatic carbocycles. The molecule has 4 aromatic rings. The number of fused-ring (bicyclic) bond motifs is 1. The lowest BCUT2D eigenvalue weighted by Gasteiger charge is -2.22. The second-order valence-electron chi connectivity index (χ2n) is 10.6. The average Bonchev–Trinajstić information content (AvgIpc) is 3.03. The number of nitrogens with two attached hydrogens (primary N) is 2. The predicted molar refractivity (Wildman–Crippen MR) is 169 cm³/mol. The van der Waals surface area contributed by atoms with E-state index in [2.05, 4.69) is 30.6 Å². The summed E-state index contributed by atoms with van der Waals surface area (Å²) < 4.78 is 0. The predicted octanol–water partition coefficient (Wildman–Crippen LogP) is 0.400. The van der Waals surface area contributed by atoms with Gasteiger partial charge in [-0.1, -0.05) is 6.07 Å². The van der Waals surface area contributed by atoms with Gasteiger partial charge in [-0.2, -0.15) is 9.97 Å². The number of hydrogen-bond acceptors (Lipinski definition) is 13. The van der Waals surface area contributed by atoms with E-state index in [4.69, 9.17) is 11.5 Å². The van der Waals surface area contributed by atoms with Gasteiger partial charge in [0.25, 0.3) is 5.91 Å². The van der Waals surface area contributed by atoms with Crippen molar-refractivity contribution in [3.05, 3.63) is 71.0 Å². The summed E-state index contributed by atoms with van der Waals surface area (Å²) in [6, 6.07) is 6.69. The van der Waals surface area contributed by atoms with Crippen molar-refractivity contribution in [3.8, 4) is 5.75 Å². The molecule has 2 amide bonds. The van der Waals surface area contributed by atoms with Gasteiger partial charge in [0.2, 0.25) is 11.9 Å². The molecule has 0 radical (unpaired) electrons. The molecule has 0 spiro atoms. The lowest BCUT2D eigenvalue weighted by Crippen LogP contribution is -2.52. The van der Waals surface area contributed by atoms with Crippen molar-refractivity contribution in [1.29, 1.82) is 0 Å². The van der Waals surface area contributed by atoms with Gasteiger partial charge in [0, 0.05) is 31.1 Å². The maximum absolute atomic E-state index is 13.1. The van der Waals surface area contributed by atoms with E-state index in [1.165, 1.54) is 24.4 Å². The molecular weight excluding hydrogens is 630 g/mol. The standard InChI is InChI=1S/C30H31N9O9/c1-39(13-16-12-33-25-23(34-16)24(31)37-30(32)38-25)17-5-3-15(4-6-17)26(43)35-19(7-9-22(41)42)27(44)36-20(29(47)48)11-14-2-8-21(40)18(10-14)28(45)46/h2-6,8,10,12,19-20,40H,7,9,11,13H2,1H3,(H,35,43)(H,36,44)(H,41,42)(H,45,46)(H,47,48)(H4,31,32,33,37,38)/t19-,20-/m0/s1. The van der Waals surface area contributed by atoms with Gasteiger partial charge in [0.1, 0.15) is 23.4 Å². The van der Waals surface area contributed by atoms with Gasteiger partial charge in [-0.15, -0.1) is 0 Å². The third kappa shape index (κ3) is 8.56. The number of aromatic carboxylic acids is 1. The number of nitrogens with zero attached hydrogens (tertiary/aromatic N) is 5. The zero-order valence-corrected chi connectivity index (χ0v) is 25.3. The molecule has 4 rings (SSSR count). The fraction of sp³-hybridized carbons (Fsp3) is 0.233. The van der Waals surface area contributed by atoms with Crippen molar-refractivity contribution < 1.29 is 44.4 Å². The Labute approximate surface area is 271 Å². The molecule has 18 heteroatoms. The normalized spacial score (nSPS) is 12.1. The number of anilines is 3. The van der Waals surface area contributed by atoms with Crippen molar-refractivity contribution in [2.75, 3.05) is 23.4 Å². The summed E-state index contributed by atoms with van der Waals surface area (Å²) in [5.74, 6) is -6.29. The summed E-state index contributed by atoms with van der Waals surface area (Å²) in [5.41, 5.74) is 13.1. The number of phenols is 1. The largest absolute Gasteiger partial charge is 0.507 e. The Bertz CT molecular complexity index is 1890. The molecule has 0 saturated heterocycles. The van der Waals surface area contributed by atoms with Crippen LogP contribution in [0.1, 0.15) is 44.8 Å². The van der Waals surface area contributed by atoms with E-state index in [0.29, 0.717) is 23.4 Å². The van der Waals surface area contributed by atoms with Crippen LogP contribution in [0.2, 0.25) is 0 Å². The molecule has 0 unspecified atom stereocenters. The van der Waals surface area contributed by atoms with E-state index in [-0.39, 0.29) is 41.4 Å². The lowest BCUT2D eigenvalue weighted by molar-refractivity contribution is -0.142. The fourth-order valence-electron chi connectivity index (χ4n) is 4.63. The summed E-state index contributed by atoms with van der Waals surface area (Å²) in [5, 5.41) is 42.6. The first-order valence-corrected chi connectivity index (χ1v) is 14.2. The van der Waals surface area contributed by atoms with Crippen molar-refractivity contribution in [3.63, 3.8) is 0 Å². The minimum absolute atomic E-state index is 0.0233. The highest BCUT2D eigenvalue weighted by Crippen LogP contribution is 2.21. The van der Waals surface area contributed by atoms with Crippen molar-refractivity contribution in [2.24, 2.45) is 0 Å². The second kappa shape index (κ2) is 14.7. The molecule has 0 aliphatic heterocycles. The number of aromatic hydroxyl groups is 1. The van der Waals surface area contributed by atoms with E-state index in [1.54, 1.807) is 19.2 Å². The number of nitrogens with one attached hydrogen (secondary N) is 2. The van der Waals surface area contributed by atoms with Crippen LogP contribution in [0.5, 0.6) is 5.75 Å². The van der Waals surface area contributed by atoms with Crippen LogP contribution in [0.4, 0.5) is 17.5 Å². The van der Waals surface area contributed by atoms with Gasteiger partial charge >= 0.3 is 17.9 Å². The van der Waals surface area contributed by atoms with Gasteiger partial charge < -0.3 is 47.4 Å². The molecule has 0 fully saturated rings. The topological polar surface area (TPSA) is 297 Å². The number of carboxylic acids is 3. The number of amides is 2. The van der Waals surface area contributed by atoms with Gasteiger partial charge in [-0.3, -0.25) is 14.4 Å². The number of rotatable bonds is 14. The Balaban J connectivity index is 1.44. The van der Waals surface area contributed by atoms with Crippen LogP contribution in [-0.4, -0.2) is 89.2 Å². The van der Waals surface area contributed by atoms with Crippen molar-refractivity contribution >= 4 is 58.3 Å². The van der Waals surface area contributed by atoms with Gasteiger partial charge in [0.05, 0.1) is 18.4 Å². The molecule has 0 saturated carbocycles. The minimum atomic E-state index is -1.57. The Morgan fingerprint density at radius 3 is 2.27 bits per heavy atom. The number of carboxylic acid groups (broad SMARTS) is 3. The van der Waals surface area contributed by atoms with Crippen molar-refractivity contribution in [2.45, 2.75) is 37.9 Å². The molecular formula is C30H31N9O9. The number of aliphatic carboxylic acids is 2. The van der Waals surface area contributed by atoms with E-state index >= 15 is 0 Å². The molecule has 0 aliphatic carbocycles. The number of hydrogen-bond donors (Lipinski definition) is 8. The number of carbonyl (C=O) groups is 5. The highest BCUT2D eigenvalue weighted by atomic mass is 16.4. The fourth-order valence-corrected chi connectivity index (χ4v) is 4.63. The Hall–Kier alpha value is -6.59. The average molecular weight is 662 g/mol. The third-order valence-electron chi connectivity index (χ3n) is 7.09. The SMILES string of the molecule is CN(Cc1cnc2nc(N)nc(N)c2n1)c1ccc(C(=O)N[C@@H](CCC(=O)O)C(=O)N[C@@H](Cc2ccc(O)c(C(=O)O)c2)C(=O)O)cc1. The Morgan fingerprint density at radius 1 is 0.917 bits per heavy atom. The van der Waals surface area contributed by atoms with E-state index in [9.17, 15) is 44.4 Å². The van der Waals surface area contributed by atoms with Crippen molar-refractivity contribution in [1.82, 2.24) is 30.6 Å². The van der Waals surface area contributed by atoms with E-state index in [0.717, 1.165) is 12.1 Å². The molecule has 48 heavy (non-hydrogen) atoms. The second-order valence-corrected chi connectivity index (χ2v) is 10.6. The Morgan fingerprint density at radius 2 is 1.62 bits per heavy atom. The van der Waals surface area contributed by atoms with Gasteiger partial charge in [0.15, 0.2) is 17.0 Å². The highest BCUT2D eigenvalue weighted by molar-refractivity contribution is 5.98. The number of benzene rings is 2. The van der Waals surface area contributed by atoms with Crippen LogP contribution in [0, 0.1) is 0 Å². The smallest absolute Gasteiger partial charge is 0.339 e. The molecule has 10 N–H and O–H groups in total. The van der Waals surface area contributed by atoms with Crippen LogP contribution >= 0.6 is 0 Å². The zero-order valence-electron chi connectivity index (χ0n) is 25.3. The summed E-state index contributed by atoms with van der Waals surface area (Å²) in [4.78, 5) is 79.2. The first kappa shape index (κ1) is 34.3. The maximum Gasteiger partial charge on any atom is 0.339 e. The Kier molecular flexibility index (Phi) is 10.5. The number of nitrogen functional groups attached to an aromatic ring is 2. The molecule has 250 valence electrons. The first-order chi connectivity index (χ1) is 22.7. The third-order valence-corrected chi connectivity index (χ3v) is 7.09.